The molecule has 0 bridgehead atoms. The number of hydrogen-bond donors (Lipinski definition) is 2. The lowest BCUT2D eigenvalue weighted by molar-refractivity contribution is -0.119. The van der Waals surface area contributed by atoms with Crippen LogP contribution in [-0.2, 0) is 34.3 Å². The number of rotatable bonds is 7. The summed E-state index contributed by atoms with van der Waals surface area (Å²) in [5, 5.41) is 14.0. The number of benzene rings is 2. The fourth-order valence-electron chi connectivity index (χ4n) is 5.18. The Labute approximate surface area is 226 Å². The van der Waals surface area contributed by atoms with Gasteiger partial charge < -0.3 is 24.8 Å². The predicted molar refractivity (Wildman–Crippen MR) is 147 cm³/mol. The number of fused-ring (bicyclic) bond motifs is 2. The van der Waals surface area contributed by atoms with E-state index in [1.165, 1.54) is 11.2 Å². The van der Waals surface area contributed by atoms with Gasteiger partial charge in [0.2, 0.25) is 5.91 Å². The summed E-state index contributed by atoms with van der Waals surface area (Å²) in [4.78, 5) is 29.8. The molecule has 1 fully saturated rings. The van der Waals surface area contributed by atoms with Crippen LogP contribution in [0, 0.1) is 0 Å². The highest BCUT2D eigenvalue weighted by Gasteiger charge is 2.33. The van der Waals surface area contributed by atoms with E-state index < -0.39 is 9.84 Å². The average molecular weight is 559 g/mol. The highest BCUT2D eigenvalue weighted by molar-refractivity contribution is 7.90. The average Bonchev–Trinajstić information content (AvgIpc) is 3.08. The molecule has 0 saturated heterocycles. The van der Waals surface area contributed by atoms with Crippen molar-refractivity contribution in [3.8, 4) is 0 Å². The van der Waals surface area contributed by atoms with Gasteiger partial charge in [-0.3, -0.25) is 4.79 Å². The standard InChI is InChI=1S/C27H31ClN4O5S/c1-38(36,37)10-4-9-31-22(12-19-11-20(28)7-8-25(19)31)16-32-24-6-3-2-5-18(24)15-30(17-26(32)34)27(35)29-21-13-23(33)14-21/h2-3,5-8,11-12,21,23,33H,4,9-10,13-17H2,1H3,(H,29,35). The zero-order valence-electron chi connectivity index (χ0n) is 21.1. The first-order valence-corrected chi connectivity index (χ1v) is 15.1. The molecule has 0 unspecified atom stereocenters. The lowest BCUT2D eigenvalue weighted by atomic mass is 9.90. The zero-order valence-corrected chi connectivity index (χ0v) is 22.7. The summed E-state index contributed by atoms with van der Waals surface area (Å²) in [5.41, 5.74) is 3.35. The molecule has 2 aliphatic rings. The first-order valence-electron chi connectivity index (χ1n) is 12.6. The largest absolute Gasteiger partial charge is 0.393 e. The van der Waals surface area contributed by atoms with Gasteiger partial charge in [-0.1, -0.05) is 29.8 Å². The van der Waals surface area contributed by atoms with E-state index in [0.29, 0.717) is 30.8 Å². The molecule has 3 aromatic rings. The van der Waals surface area contributed by atoms with Crippen LogP contribution in [0.5, 0.6) is 0 Å². The second kappa shape index (κ2) is 10.6. The Morgan fingerprint density at radius 2 is 1.89 bits per heavy atom. The van der Waals surface area contributed by atoms with Crippen molar-refractivity contribution in [2.24, 2.45) is 0 Å². The molecular formula is C27H31ClN4O5S. The highest BCUT2D eigenvalue weighted by atomic mass is 35.5. The molecule has 2 N–H and O–H groups in total. The predicted octanol–water partition coefficient (Wildman–Crippen LogP) is 3.31. The van der Waals surface area contributed by atoms with E-state index in [9.17, 15) is 23.1 Å². The van der Waals surface area contributed by atoms with E-state index in [0.717, 1.165) is 27.8 Å². The molecule has 1 aliphatic carbocycles. The van der Waals surface area contributed by atoms with E-state index in [-0.39, 0.29) is 49.5 Å². The number of carbonyl (C=O) groups excluding carboxylic acids is 2. The van der Waals surface area contributed by atoms with Crippen molar-refractivity contribution in [1.29, 1.82) is 0 Å². The Morgan fingerprint density at radius 1 is 1.13 bits per heavy atom. The van der Waals surface area contributed by atoms with Crippen molar-refractivity contribution >= 4 is 50.0 Å². The van der Waals surface area contributed by atoms with Crippen molar-refractivity contribution in [3.63, 3.8) is 0 Å². The monoisotopic (exact) mass is 558 g/mol. The van der Waals surface area contributed by atoms with Crippen LogP contribution < -0.4 is 10.2 Å². The highest BCUT2D eigenvalue weighted by Crippen LogP contribution is 2.30. The molecule has 5 rings (SSSR count). The van der Waals surface area contributed by atoms with Gasteiger partial charge in [-0.05, 0) is 55.2 Å². The van der Waals surface area contributed by atoms with Crippen LogP contribution in [-0.4, -0.2) is 65.6 Å². The van der Waals surface area contributed by atoms with Crippen LogP contribution in [0.1, 0.15) is 30.5 Å². The topological polar surface area (TPSA) is 112 Å². The number of halogens is 1. The molecular weight excluding hydrogens is 528 g/mol. The fourth-order valence-corrected chi connectivity index (χ4v) is 6.02. The molecule has 0 spiro atoms. The number of amides is 3. The second-order valence-corrected chi connectivity index (χ2v) is 12.9. The van der Waals surface area contributed by atoms with Gasteiger partial charge in [-0.15, -0.1) is 0 Å². The SMILES string of the molecule is CS(=O)(=O)CCCn1c(CN2C(=O)CN(C(=O)NC3CC(O)C3)Cc3ccccc32)cc2cc(Cl)ccc21. The quantitative estimate of drug-likeness (QED) is 0.462. The van der Waals surface area contributed by atoms with Gasteiger partial charge in [0.1, 0.15) is 16.4 Å². The number of aryl methyl sites for hydroxylation is 1. The molecule has 3 amide bonds. The second-order valence-electron chi connectivity index (χ2n) is 10.2. The molecule has 0 atom stereocenters. The number of hydrogen-bond acceptors (Lipinski definition) is 5. The Balaban J connectivity index is 1.44. The van der Waals surface area contributed by atoms with Crippen molar-refractivity contribution in [1.82, 2.24) is 14.8 Å². The first kappa shape index (κ1) is 26.5. The summed E-state index contributed by atoms with van der Waals surface area (Å²) in [6, 6.07) is 14.7. The number of sulfone groups is 1. The van der Waals surface area contributed by atoms with Crippen molar-refractivity contribution in [3.05, 3.63) is 64.8 Å². The van der Waals surface area contributed by atoms with Crippen LogP contribution >= 0.6 is 11.6 Å². The third kappa shape index (κ3) is 5.82. The molecule has 9 nitrogen and oxygen atoms in total. The maximum atomic E-state index is 13.6. The summed E-state index contributed by atoms with van der Waals surface area (Å²) in [5.74, 6) is -0.155. The fraction of sp³-hybridized carbons (Fsp3) is 0.407. The molecule has 1 aliphatic heterocycles. The zero-order chi connectivity index (χ0) is 27.0. The van der Waals surface area contributed by atoms with E-state index in [4.69, 9.17) is 11.6 Å². The maximum absolute atomic E-state index is 13.6. The van der Waals surface area contributed by atoms with Crippen LogP contribution in [0.4, 0.5) is 10.5 Å². The van der Waals surface area contributed by atoms with Crippen molar-refractivity contribution in [2.45, 2.75) is 51.0 Å². The van der Waals surface area contributed by atoms with Crippen molar-refractivity contribution < 1.29 is 23.1 Å². The van der Waals surface area contributed by atoms with Crippen LogP contribution in [0.2, 0.25) is 5.02 Å². The van der Waals surface area contributed by atoms with Gasteiger partial charge in [0.15, 0.2) is 0 Å². The number of anilines is 1. The van der Waals surface area contributed by atoms with Gasteiger partial charge >= 0.3 is 6.03 Å². The lowest BCUT2D eigenvalue weighted by Gasteiger charge is -2.33. The Morgan fingerprint density at radius 3 is 2.63 bits per heavy atom. The minimum Gasteiger partial charge on any atom is -0.393 e. The number of para-hydroxylation sites is 1. The first-order chi connectivity index (χ1) is 18.1. The lowest BCUT2D eigenvalue weighted by Crippen LogP contribution is -2.52. The number of nitrogens with zero attached hydrogens (tertiary/aromatic N) is 3. The van der Waals surface area contributed by atoms with Crippen LogP contribution in [0.25, 0.3) is 10.9 Å². The molecule has 0 radical (unpaired) electrons. The number of urea groups is 1. The number of nitrogens with one attached hydrogen (secondary N) is 1. The normalized spacial score (nSPS) is 19.7. The Bertz CT molecular complexity index is 1480. The Hall–Kier alpha value is -3.08. The molecule has 2 heterocycles. The third-order valence-electron chi connectivity index (χ3n) is 7.16. The molecule has 202 valence electrons. The maximum Gasteiger partial charge on any atom is 0.318 e. The van der Waals surface area contributed by atoms with Gasteiger partial charge in [-0.25, -0.2) is 13.2 Å². The smallest absolute Gasteiger partial charge is 0.318 e. The molecule has 2 aromatic carbocycles. The molecule has 38 heavy (non-hydrogen) atoms. The summed E-state index contributed by atoms with van der Waals surface area (Å²) >= 11 is 6.24. The summed E-state index contributed by atoms with van der Waals surface area (Å²) in [7, 11) is -3.11. The van der Waals surface area contributed by atoms with Gasteiger partial charge in [0.25, 0.3) is 0 Å². The summed E-state index contributed by atoms with van der Waals surface area (Å²) in [6.45, 7) is 0.923. The minimum atomic E-state index is -3.11. The van der Waals surface area contributed by atoms with Gasteiger partial charge in [0.05, 0.1) is 24.9 Å². The van der Waals surface area contributed by atoms with Crippen LogP contribution in [0.15, 0.2) is 48.5 Å². The Kier molecular flexibility index (Phi) is 7.39. The van der Waals surface area contributed by atoms with E-state index >= 15 is 0 Å². The number of aliphatic hydroxyl groups excluding tert-OH is 1. The molecule has 1 saturated carbocycles. The third-order valence-corrected chi connectivity index (χ3v) is 8.43. The summed E-state index contributed by atoms with van der Waals surface area (Å²) < 4.78 is 25.5. The van der Waals surface area contributed by atoms with Gasteiger partial charge in [-0.2, -0.15) is 0 Å². The van der Waals surface area contributed by atoms with E-state index in [2.05, 4.69) is 5.32 Å². The minimum absolute atomic E-state index is 0.0628. The number of aliphatic hydroxyl groups is 1. The number of aromatic nitrogens is 1. The molecule has 1 aromatic heterocycles. The summed E-state index contributed by atoms with van der Waals surface area (Å²) in [6.07, 6.45) is 2.31. The van der Waals surface area contributed by atoms with Crippen LogP contribution in [0.3, 0.4) is 0 Å². The number of carbonyl (C=O) groups is 2. The van der Waals surface area contributed by atoms with Crippen molar-refractivity contribution in [2.75, 3.05) is 23.5 Å². The van der Waals surface area contributed by atoms with Gasteiger partial charge in [0, 0.05) is 46.1 Å². The van der Waals surface area contributed by atoms with E-state index in [1.807, 2.05) is 47.0 Å². The molecule has 11 heteroatoms. The van der Waals surface area contributed by atoms with E-state index in [1.54, 1.807) is 11.0 Å².